The number of carbonyl (C=O) groups is 1. The van der Waals surface area contributed by atoms with Gasteiger partial charge in [0, 0.05) is 5.69 Å². The molecule has 0 bridgehead atoms. The molecule has 3 rings (SSSR count). The number of para-hydroxylation sites is 1. The van der Waals surface area contributed by atoms with Crippen LogP contribution in [0, 0.1) is 0 Å². The number of rotatable bonds is 6. The molecule has 3 heteroatoms. The van der Waals surface area contributed by atoms with E-state index in [1.807, 2.05) is 60.7 Å². The van der Waals surface area contributed by atoms with Gasteiger partial charge in [-0.25, -0.2) is 0 Å². The molecule has 3 nitrogen and oxygen atoms in total. The van der Waals surface area contributed by atoms with Crippen LogP contribution in [-0.4, -0.2) is 13.0 Å². The average Bonchev–Trinajstić information content (AvgIpc) is 2.65. The number of carbonyl (C=O) groups excluding carboxylic acids is 1. The van der Waals surface area contributed by atoms with Gasteiger partial charge in [0.1, 0.15) is 5.75 Å². The van der Waals surface area contributed by atoms with Crippen LogP contribution in [-0.2, 0) is 17.6 Å². The summed E-state index contributed by atoms with van der Waals surface area (Å²) in [5, 5.41) is 3.04. The molecule has 1 N–H and O–H groups in total. The van der Waals surface area contributed by atoms with Crippen LogP contribution in [0.5, 0.6) is 5.75 Å². The zero-order valence-corrected chi connectivity index (χ0v) is 14.2. The van der Waals surface area contributed by atoms with Gasteiger partial charge < -0.3 is 10.1 Å². The van der Waals surface area contributed by atoms with E-state index in [1.165, 1.54) is 5.56 Å². The van der Waals surface area contributed by atoms with Gasteiger partial charge in [-0.3, -0.25) is 4.79 Å². The Hall–Kier alpha value is -3.07. The van der Waals surface area contributed by atoms with E-state index in [-0.39, 0.29) is 5.91 Å². The van der Waals surface area contributed by atoms with Gasteiger partial charge >= 0.3 is 0 Å². The topological polar surface area (TPSA) is 38.3 Å². The summed E-state index contributed by atoms with van der Waals surface area (Å²) in [6.07, 6.45) is 1.13. The zero-order chi connectivity index (χ0) is 17.5. The molecule has 0 unspecified atom stereocenters. The molecule has 0 aliphatic carbocycles. The van der Waals surface area contributed by atoms with Gasteiger partial charge in [0.2, 0.25) is 5.91 Å². The maximum atomic E-state index is 12.4. The van der Waals surface area contributed by atoms with Gasteiger partial charge in [-0.15, -0.1) is 0 Å². The molecule has 0 aromatic heterocycles. The van der Waals surface area contributed by atoms with Crippen LogP contribution >= 0.6 is 0 Å². The van der Waals surface area contributed by atoms with E-state index in [1.54, 1.807) is 7.11 Å². The molecule has 1 amide bonds. The summed E-state index contributed by atoms with van der Waals surface area (Å²) in [7, 11) is 1.63. The molecular formula is C22H21NO2. The van der Waals surface area contributed by atoms with Crippen LogP contribution in [0.25, 0.3) is 0 Å². The lowest BCUT2D eigenvalue weighted by molar-refractivity contribution is -0.115. The fourth-order valence-corrected chi connectivity index (χ4v) is 2.74. The highest BCUT2D eigenvalue weighted by Gasteiger charge is 2.08. The minimum absolute atomic E-state index is 0.0225. The number of ether oxygens (including phenoxy) is 1. The highest BCUT2D eigenvalue weighted by Crippen LogP contribution is 2.20. The third kappa shape index (κ3) is 4.70. The monoisotopic (exact) mass is 331 g/mol. The first-order chi connectivity index (χ1) is 12.2. The normalized spacial score (nSPS) is 10.3. The SMILES string of the molecule is COc1ccc(CC(=O)Nc2ccccc2Cc2ccccc2)cc1. The maximum absolute atomic E-state index is 12.4. The van der Waals surface area contributed by atoms with E-state index in [4.69, 9.17) is 4.74 Å². The number of hydrogen-bond acceptors (Lipinski definition) is 2. The Labute approximate surface area is 148 Å². The Bertz CT molecular complexity index is 826. The fourth-order valence-electron chi connectivity index (χ4n) is 2.74. The average molecular weight is 331 g/mol. The van der Waals surface area contributed by atoms with Gasteiger partial charge in [-0.2, -0.15) is 0 Å². The van der Waals surface area contributed by atoms with Crippen LogP contribution in [0.4, 0.5) is 5.69 Å². The number of amides is 1. The van der Waals surface area contributed by atoms with E-state index in [2.05, 4.69) is 23.5 Å². The summed E-state index contributed by atoms with van der Waals surface area (Å²) < 4.78 is 5.14. The summed E-state index contributed by atoms with van der Waals surface area (Å²) in [4.78, 5) is 12.4. The molecule has 0 saturated carbocycles. The maximum Gasteiger partial charge on any atom is 0.228 e. The molecule has 0 radical (unpaired) electrons. The molecule has 3 aromatic rings. The molecule has 0 heterocycles. The Morgan fingerprint density at radius 3 is 2.24 bits per heavy atom. The first-order valence-electron chi connectivity index (χ1n) is 8.29. The number of methoxy groups -OCH3 is 1. The first-order valence-corrected chi connectivity index (χ1v) is 8.29. The van der Waals surface area contributed by atoms with Crippen molar-refractivity contribution in [3.05, 3.63) is 95.6 Å². The zero-order valence-electron chi connectivity index (χ0n) is 14.2. The predicted octanol–water partition coefficient (Wildman–Crippen LogP) is 4.47. The molecule has 0 fully saturated rings. The van der Waals surface area contributed by atoms with Gasteiger partial charge in [0.25, 0.3) is 0 Å². The van der Waals surface area contributed by atoms with Crippen molar-refractivity contribution in [1.82, 2.24) is 0 Å². The lowest BCUT2D eigenvalue weighted by Crippen LogP contribution is -2.15. The summed E-state index contributed by atoms with van der Waals surface area (Å²) >= 11 is 0. The second-order valence-electron chi connectivity index (χ2n) is 5.89. The smallest absolute Gasteiger partial charge is 0.228 e. The molecule has 0 saturated heterocycles. The minimum Gasteiger partial charge on any atom is -0.497 e. The Morgan fingerprint density at radius 2 is 1.52 bits per heavy atom. The van der Waals surface area contributed by atoms with E-state index in [0.29, 0.717) is 6.42 Å². The lowest BCUT2D eigenvalue weighted by atomic mass is 10.0. The molecule has 25 heavy (non-hydrogen) atoms. The van der Waals surface area contributed by atoms with Crippen molar-refractivity contribution < 1.29 is 9.53 Å². The third-order valence-corrected chi connectivity index (χ3v) is 4.05. The van der Waals surface area contributed by atoms with Crippen molar-refractivity contribution in [3.8, 4) is 5.75 Å². The van der Waals surface area contributed by atoms with E-state index in [0.717, 1.165) is 29.0 Å². The van der Waals surface area contributed by atoms with Crippen molar-refractivity contribution in [2.24, 2.45) is 0 Å². The number of anilines is 1. The third-order valence-electron chi connectivity index (χ3n) is 4.05. The Kier molecular flexibility index (Phi) is 5.47. The quantitative estimate of drug-likeness (QED) is 0.724. The molecule has 0 aliphatic rings. The van der Waals surface area contributed by atoms with Crippen LogP contribution in [0.15, 0.2) is 78.9 Å². The predicted molar refractivity (Wildman–Crippen MR) is 101 cm³/mol. The van der Waals surface area contributed by atoms with Crippen molar-refractivity contribution in [3.63, 3.8) is 0 Å². The van der Waals surface area contributed by atoms with Crippen molar-refractivity contribution >= 4 is 11.6 Å². The van der Waals surface area contributed by atoms with Crippen LogP contribution in [0.3, 0.4) is 0 Å². The number of nitrogens with one attached hydrogen (secondary N) is 1. The number of benzene rings is 3. The van der Waals surface area contributed by atoms with Crippen molar-refractivity contribution in [1.29, 1.82) is 0 Å². The summed E-state index contributed by atoms with van der Waals surface area (Å²) in [5.74, 6) is 0.767. The van der Waals surface area contributed by atoms with Crippen molar-refractivity contribution in [2.45, 2.75) is 12.8 Å². The van der Waals surface area contributed by atoms with Crippen molar-refractivity contribution in [2.75, 3.05) is 12.4 Å². The molecule has 0 spiro atoms. The molecule has 126 valence electrons. The van der Waals surface area contributed by atoms with Gasteiger partial charge in [-0.1, -0.05) is 60.7 Å². The van der Waals surface area contributed by atoms with Gasteiger partial charge in [0.05, 0.1) is 13.5 Å². The van der Waals surface area contributed by atoms with E-state index >= 15 is 0 Å². The number of hydrogen-bond donors (Lipinski definition) is 1. The first kappa shape index (κ1) is 16.8. The largest absolute Gasteiger partial charge is 0.497 e. The second kappa shape index (κ2) is 8.15. The highest BCUT2D eigenvalue weighted by atomic mass is 16.5. The van der Waals surface area contributed by atoms with E-state index in [9.17, 15) is 4.79 Å². The Morgan fingerprint density at radius 1 is 0.840 bits per heavy atom. The van der Waals surface area contributed by atoms with Crippen LogP contribution < -0.4 is 10.1 Å². The van der Waals surface area contributed by atoms with Gasteiger partial charge in [-0.05, 0) is 41.3 Å². The summed E-state index contributed by atoms with van der Waals surface area (Å²) in [6.45, 7) is 0. The summed E-state index contributed by atoms with van der Waals surface area (Å²) in [5.41, 5.74) is 4.15. The molecular weight excluding hydrogens is 310 g/mol. The summed E-state index contributed by atoms with van der Waals surface area (Å²) in [6, 6.07) is 25.7. The molecule has 3 aromatic carbocycles. The standard InChI is InChI=1S/C22H21NO2/c1-25-20-13-11-18(12-14-20)16-22(24)23-21-10-6-5-9-19(21)15-17-7-3-2-4-8-17/h2-14H,15-16H2,1H3,(H,23,24). The molecule has 0 aliphatic heterocycles. The Balaban J connectivity index is 1.68. The highest BCUT2D eigenvalue weighted by molar-refractivity contribution is 5.93. The lowest BCUT2D eigenvalue weighted by Gasteiger charge is -2.11. The van der Waals surface area contributed by atoms with Crippen LogP contribution in [0.2, 0.25) is 0 Å². The van der Waals surface area contributed by atoms with E-state index < -0.39 is 0 Å². The molecule has 0 atom stereocenters. The minimum atomic E-state index is -0.0225. The fraction of sp³-hybridized carbons (Fsp3) is 0.136. The van der Waals surface area contributed by atoms with Gasteiger partial charge in [0.15, 0.2) is 0 Å². The second-order valence-corrected chi connectivity index (χ2v) is 5.89. The van der Waals surface area contributed by atoms with Crippen LogP contribution in [0.1, 0.15) is 16.7 Å².